The van der Waals surface area contributed by atoms with Gasteiger partial charge in [-0.2, -0.15) is 0 Å². The SMILES string of the molecule is CCNc1ccccc1C(=O)N(C)C(C)C(C)C. The molecule has 1 rings (SSSR count). The van der Waals surface area contributed by atoms with Gasteiger partial charge in [-0.1, -0.05) is 26.0 Å². The fourth-order valence-corrected chi connectivity index (χ4v) is 1.84. The van der Waals surface area contributed by atoms with Crippen LogP contribution in [0.2, 0.25) is 0 Å². The summed E-state index contributed by atoms with van der Waals surface area (Å²) in [6.45, 7) is 9.18. The second kappa shape index (κ2) is 6.43. The first-order valence-corrected chi connectivity index (χ1v) is 6.59. The summed E-state index contributed by atoms with van der Waals surface area (Å²) in [5.74, 6) is 0.526. The zero-order valence-electron chi connectivity index (χ0n) is 12.0. The van der Waals surface area contributed by atoms with E-state index in [2.05, 4.69) is 26.1 Å². The Balaban J connectivity index is 2.96. The van der Waals surface area contributed by atoms with Crippen molar-refractivity contribution >= 4 is 11.6 Å². The van der Waals surface area contributed by atoms with Gasteiger partial charge in [0.25, 0.3) is 5.91 Å². The van der Waals surface area contributed by atoms with E-state index in [1.165, 1.54) is 0 Å². The summed E-state index contributed by atoms with van der Waals surface area (Å²) in [5, 5.41) is 3.23. The summed E-state index contributed by atoms with van der Waals surface area (Å²) < 4.78 is 0. The highest BCUT2D eigenvalue weighted by Gasteiger charge is 2.21. The van der Waals surface area contributed by atoms with E-state index in [4.69, 9.17) is 0 Å². The molecule has 0 aliphatic heterocycles. The van der Waals surface area contributed by atoms with Gasteiger partial charge in [-0.15, -0.1) is 0 Å². The average molecular weight is 248 g/mol. The van der Waals surface area contributed by atoms with Crippen LogP contribution in [0.5, 0.6) is 0 Å². The molecule has 1 N–H and O–H groups in total. The monoisotopic (exact) mass is 248 g/mol. The first-order valence-electron chi connectivity index (χ1n) is 6.59. The molecule has 0 aliphatic rings. The van der Waals surface area contributed by atoms with Crippen LogP contribution in [0.25, 0.3) is 0 Å². The second-order valence-electron chi connectivity index (χ2n) is 4.98. The fourth-order valence-electron chi connectivity index (χ4n) is 1.84. The summed E-state index contributed by atoms with van der Waals surface area (Å²) in [4.78, 5) is 14.3. The van der Waals surface area contributed by atoms with Gasteiger partial charge in [0.2, 0.25) is 0 Å². The Morgan fingerprint density at radius 2 is 1.89 bits per heavy atom. The molecule has 3 nitrogen and oxygen atoms in total. The predicted octanol–water partition coefficient (Wildman–Crippen LogP) is 3.23. The number of rotatable bonds is 5. The zero-order valence-corrected chi connectivity index (χ0v) is 12.0. The number of hydrogen-bond acceptors (Lipinski definition) is 2. The summed E-state index contributed by atoms with van der Waals surface area (Å²) in [5.41, 5.74) is 1.65. The lowest BCUT2D eigenvalue weighted by atomic mass is 10.0. The Morgan fingerprint density at radius 3 is 2.44 bits per heavy atom. The van der Waals surface area contributed by atoms with Gasteiger partial charge in [-0.05, 0) is 31.9 Å². The maximum Gasteiger partial charge on any atom is 0.255 e. The molecule has 0 spiro atoms. The van der Waals surface area contributed by atoms with E-state index in [0.29, 0.717) is 5.92 Å². The normalized spacial score (nSPS) is 12.3. The number of carbonyl (C=O) groups is 1. The Kier molecular flexibility index (Phi) is 5.20. The Morgan fingerprint density at radius 1 is 1.28 bits per heavy atom. The van der Waals surface area contributed by atoms with E-state index < -0.39 is 0 Å². The smallest absolute Gasteiger partial charge is 0.255 e. The summed E-state index contributed by atoms with van der Waals surface area (Å²) in [6.07, 6.45) is 0. The molecule has 0 saturated carbocycles. The maximum absolute atomic E-state index is 12.5. The molecular formula is C15H24N2O. The predicted molar refractivity (Wildman–Crippen MR) is 77.0 cm³/mol. The minimum Gasteiger partial charge on any atom is -0.385 e. The molecular weight excluding hydrogens is 224 g/mol. The molecule has 0 saturated heterocycles. The van der Waals surface area contributed by atoms with Crippen LogP contribution in [0.4, 0.5) is 5.69 Å². The van der Waals surface area contributed by atoms with E-state index in [-0.39, 0.29) is 11.9 Å². The van der Waals surface area contributed by atoms with Gasteiger partial charge in [-0.25, -0.2) is 0 Å². The molecule has 1 atom stereocenters. The molecule has 3 heteroatoms. The first kappa shape index (κ1) is 14.6. The summed E-state index contributed by atoms with van der Waals surface area (Å²) in [7, 11) is 1.87. The first-order chi connectivity index (χ1) is 8.49. The quantitative estimate of drug-likeness (QED) is 0.867. The van der Waals surface area contributed by atoms with Gasteiger partial charge >= 0.3 is 0 Å². The van der Waals surface area contributed by atoms with Gasteiger partial charge in [0.1, 0.15) is 0 Å². The molecule has 100 valence electrons. The highest BCUT2D eigenvalue weighted by Crippen LogP contribution is 2.19. The van der Waals surface area contributed by atoms with Crippen LogP contribution in [0.1, 0.15) is 38.1 Å². The van der Waals surface area contributed by atoms with E-state index >= 15 is 0 Å². The molecule has 1 unspecified atom stereocenters. The van der Waals surface area contributed by atoms with E-state index in [1.807, 2.05) is 43.1 Å². The van der Waals surface area contributed by atoms with Crippen molar-refractivity contribution in [3.8, 4) is 0 Å². The third kappa shape index (κ3) is 3.25. The third-order valence-electron chi connectivity index (χ3n) is 3.42. The largest absolute Gasteiger partial charge is 0.385 e. The van der Waals surface area contributed by atoms with Crippen molar-refractivity contribution < 1.29 is 4.79 Å². The highest BCUT2D eigenvalue weighted by atomic mass is 16.2. The molecule has 1 aromatic carbocycles. The van der Waals surface area contributed by atoms with Crippen LogP contribution in [0.15, 0.2) is 24.3 Å². The van der Waals surface area contributed by atoms with Crippen molar-refractivity contribution in [2.24, 2.45) is 5.92 Å². The molecule has 0 heterocycles. The Labute approximate surface area is 110 Å². The average Bonchev–Trinajstić information content (AvgIpc) is 2.37. The fraction of sp³-hybridized carbons (Fsp3) is 0.533. The van der Waals surface area contributed by atoms with Crippen LogP contribution < -0.4 is 5.32 Å². The third-order valence-corrected chi connectivity index (χ3v) is 3.42. The van der Waals surface area contributed by atoms with Crippen molar-refractivity contribution in [3.63, 3.8) is 0 Å². The van der Waals surface area contributed by atoms with Crippen molar-refractivity contribution in [2.45, 2.75) is 33.7 Å². The van der Waals surface area contributed by atoms with Gasteiger partial charge < -0.3 is 10.2 Å². The topological polar surface area (TPSA) is 32.3 Å². The van der Waals surface area contributed by atoms with E-state index in [9.17, 15) is 4.79 Å². The van der Waals surface area contributed by atoms with Crippen molar-refractivity contribution in [1.82, 2.24) is 4.90 Å². The van der Waals surface area contributed by atoms with Gasteiger partial charge in [-0.3, -0.25) is 4.79 Å². The number of benzene rings is 1. The van der Waals surface area contributed by atoms with E-state index in [1.54, 1.807) is 0 Å². The number of anilines is 1. The molecule has 0 radical (unpaired) electrons. The van der Waals surface area contributed by atoms with Crippen LogP contribution >= 0.6 is 0 Å². The Hall–Kier alpha value is -1.51. The van der Waals surface area contributed by atoms with Gasteiger partial charge in [0, 0.05) is 25.3 Å². The van der Waals surface area contributed by atoms with Crippen molar-refractivity contribution in [3.05, 3.63) is 29.8 Å². The van der Waals surface area contributed by atoms with Crippen molar-refractivity contribution in [1.29, 1.82) is 0 Å². The van der Waals surface area contributed by atoms with Crippen molar-refractivity contribution in [2.75, 3.05) is 18.9 Å². The number of hydrogen-bond donors (Lipinski definition) is 1. The van der Waals surface area contributed by atoms with Crippen LogP contribution in [-0.2, 0) is 0 Å². The van der Waals surface area contributed by atoms with Crippen LogP contribution in [-0.4, -0.2) is 30.4 Å². The molecule has 0 aromatic heterocycles. The molecule has 0 aliphatic carbocycles. The van der Waals surface area contributed by atoms with Crippen LogP contribution in [0.3, 0.4) is 0 Å². The summed E-state index contributed by atoms with van der Waals surface area (Å²) >= 11 is 0. The highest BCUT2D eigenvalue weighted by molar-refractivity contribution is 5.99. The lowest BCUT2D eigenvalue weighted by molar-refractivity contribution is 0.0708. The minimum atomic E-state index is 0.0766. The standard InChI is InChI=1S/C15H24N2O/c1-6-16-14-10-8-7-9-13(14)15(18)17(5)12(4)11(2)3/h7-12,16H,6H2,1-5H3. The minimum absolute atomic E-state index is 0.0766. The number of carbonyl (C=O) groups excluding carboxylic acids is 1. The molecule has 1 aromatic rings. The number of nitrogens with zero attached hydrogens (tertiary/aromatic N) is 1. The molecule has 18 heavy (non-hydrogen) atoms. The molecule has 1 amide bonds. The summed E-state index contributed by atoms with van der Waals surface area (Å²) in [6, 6.07) is 7.91. The lowest BCUT2D eigenvalue weighted by Gasteiger charge is -2.28. The second-order valence-corrected chi connectivity index (χ2v) is 4.98. The molecule has 0 fully saturated rings. The Bertz CT molecular complexity index is 401. The maximum atomic E-state index is 12.5. The lowest BCUT2D eigenvalue weighted by Crippen LogP contribution is -2.38. The zero-order chi connectivity index (χ0) is 13.7. The molecule has 0 bridgehead atoms. The van der Waals surface area contributed by atoms with Gasteiger partial charge in [0.05, 0.1) is 5.56 Å². The number of para-hydroxylation sites is 1. The van der Waals surface area contributed by atoms with Gasteiger partial charge in [0.15, 0.2) is 0 Å². The van der Waals surface area contributed by atoms with Crippen LogP contribution in [0, 0.1) is 5.92 Å². The van der Waals surface area contributed by atoms with E-state index in [0.717, 1.165) is 17.8 Å². The number of nitrogens with one attached hydrogen (secondary N) is 1. The number of amides is 1.